The van der Waals surface area contributed by atoms with Crippen LogP contribution >= 0.6 is 0 Å². The molecule has 7 heteroatoms. The van der Waals surface area contributed by atoms with Gasteiger partial charge in [0.2, 0.25) is 0 Å². The van der Waals surface area contributed by atoms with Crippen molar-refractivity contribution in [3.63, 3.8) is 0 Å². The van der Waals surface area contributed by atoms with Gasteiger partial charge < -0.3 is 4.98 Å². The summed E-state index contributed by atoms with van der Waals surface area (Å²) in [4.78, 5) is 14.6. The SMILES string of the molecule is Fc1ccc(-c2[nH]ncc2CN2CCc3[nH]cnc3[C@@H]2c2cccnc2)cc1. The zero-order chi connectivity index (χ0) is 18.9. The molecular formula is C21H19FN6. The molecular weight excluding hydrogens is 355 g/mol. The Bertz CT molecular complexity index is 1070. The zero-order valence-corrected chi connectivity index (χ0v) is 15.1. The summed E-state index contributed by atoms with van der Waals surface area (Å²) in [5, 5.41) is 7.31. The van der Waals surface area contributed by atoms with Crippen molar-refractivity contribution >= 4 is 0 Å². The van der Waals surface area contributed by atoms with Crippen molar-refractivity contribution in [2.45, 2.75) is 19.0 Å². The van der Waals surface area contributed by atoms with Gasteiger partial charge in [0.05, 0.1) is 30.0 Å². The lowest BCUT2D eigenvalue weighted by Gasteiger charge is -2.35. The van der Waals surface area contributed by atoms with E-state index in [1.807, 2.05) is 18.5 Å². The van der Waals surface area contributed by atoms with E-state index in [4.69, 9.17) is 0 Å². The van der Waals surface area contributed by atoms with Gasteiger partial charge in [0.1, 0.15) is 5.82 Å². The number of imidazole rings is 1. The number of aromatic amines is 2. The molecule has 0 unspecified atom stereocenters. The number of nitrogens with zero attached hydrogens (tertiary/aromatic N) is 4. The second-order valence-corrected chi connectivity index (χ2v) is 6.95. The number of halogens is 1. The van der Waals surface area contributed by atoms with Gasteiger partial charge in [-0.2, -0.15) is 5.10 Å². The number of hydrogen-bond donors (Lipinski definition) is 2. The summed E-state index contributed by atoms with van der Waals surface area (Å²) >= 11 is 0. The van der Waals surface area contributed by atoms with Crippen LogP contribution in [0.1, 0.15) is 28.6 Å². The quantitative estimate of drug-likeness (QED) is 0.574. The van der Waals surface area contributed by atoms with Gasteiger partial charge in [-0.05, 0) is 35.9 Å². The topological polar surface area (TPSA) is 73.5 Å². The molecule has 0 fully saturated rings. The normalized spacial score (nSPS) is 16.8. The molecule has 1 atom stereocenters. The lowest BCUT2D eigenvalue weighted by atomic mass is 9.96. The molecule has 0 amide bonds. The number of rotatable bonds is 4. The second-order valence-electron chi connectivity index (χ2n) is 6.95. The van der Waals surface area contributed by atoms with E-state index in [0.717, 1.165) is 41.0 Å². The van der Waals surface area contributed by atoms with Crippen LogP contribution in [0.3, 0.4) is 0 Å². The smallest absolute Gasteiger partial charge is 0.123 e. The largest absolute Gasteiger partial charge is 0.348 e. The third-order valence-corrected chi connectivity index (χ3v) is 5.25. The highest BCUT2D eigenvalue weighted by atomic mass is 19.1. The van der Waals surface area contributed by atoms with E-state index in [2.05, 4.69) is 36.1 Å². The molecule has 1 aromatic carbocycles. The van der Waals surface area contributed by atoms with E-state index in [1.165, 1.54) is 17.8 Å². The van der Waals surface area contributed by atoms with Gasteiger partial charge in [-0.15, -0.1) is 0 Å². The van der Waals surface area contributed by atoms with Crippen LogP contribution in [0.25, 0.3) is 11.3 Å². The molecule has 0 bridgehead atoms. The highest BCUT2D eigenvalue weighted by Crippen LogP contribution is 2.35. The van der Waals surface area contributed by atoms with Crippen LogP contribution in [-0.4, -0.2) is 36.6 Å². The van der Waals surface area contributed by atoms with Crippen molar-refractivity contribution in [2.75, 3.05) is 6.54 Å². The summed E-state index contributed by atoms with van der Waals surface area (Å²) in [7, 11) is 0. The summed E-state index contributed by atoms with van der Waals surface area (Å²) in [6.45, 7) is 1.60. The number of aromatic nitrogens is 5. The van der Waals surface area contributed by atoms with Crippen LogP contribution in [-0.2, 0) is 13.0 Å². The van der Waals surface area contributed by atoms with E-state index < -0.39 is 0 Å². The molecule has 140 valence electrons. The number of H-pyrrole nitrogens is 2. The molecule has 0 saturated heterocycles. The van der Waals surface area contributed by atoms with Crippen LogP contribution in [0, 0.1) is 5.82 Å². The number of fused-ring (bicyclic) bond motifs is 1. The number of pyridine rings is 1. The molecule has 5 rings (SSSR count). The van der Waals surface area contributed by atoms with Crippen molar-refractivity contribution in [3.05, 3.63) is 89.6 Å². The molecule has 1 aliphatic rings. The summed E-state index contributed by atoms with van der Waals surface area (Å²) < 4.78 is 13.3. The molecule has 2 N–H and O–H groups in total. The van der Waals surface area contributed by atoms with Crippen molar-refractivity contribution < 1.29 is 4.39 Å². The predicted molar refractivity (Wildman–Crippen MR) is 103 cm³/mol. The van der Waals surface area contributed by atoms with Crippen LogP contribution in [0.2, 0.25) is 0 Å². The highest BCUT2D eigenvalue weighted by molar-refractivity contribution is 5.62. The van der Waals surface area contributed by atoms with Gasteiger partial charge in [-0.3, -0.25) is 15.0 Å². The maximum Gasteiger partial charge on any atom is 0.123 e. The van der Waals surface area contributed by atoms with Crippen LogP contribution in [0.15, 0.2) is 61.3 Å². The summed E-state index contributed by atoms with van der Waals surface area (Å²) in [6, 6.07) is 10.5. The molecule has 0 radical (unpaired) electrons. The molecule has 1 aliphatic heterocycles. The minimum Gasteiger partial charge on any atom is -0.348 e. The Morgan fingerprint density at radius 1 is 1.14 bits per heavy atom. The predicted octanol–water partition coefficient (Wildman–Crippen LogP) is 3.48. The summed E-state index contributed by atoms with van der Waals surface area (Å²) in [5.74, 6) is -0.247. The minimum absolute atomic E-state index is 0.0275. The molecule has 4 aromatic rings. The third kappa shape index (κ3) is 2.99. The van der Waals surface area contributed by atoms with E-state index in [1.54, 1.807) is 24.7 Å². The first-order chi connectivity index (χ1) is 13.8. The maximum absolute atomic E-state index is 13.3. The Morgan fingerprint density at radius 3 is 2.86 bits per heavy atom. The monoisotopic (exact) mass is 374 g/mol. The number of nitrogens with one attached hydrogen (secondary N) is 2. The third-order valence-electron chi connectivity index (χ3n) is 5.25. The number of benzene rings is 1. The van der Waals surface area contributed by atoms with Crippen LogP contribution < -0.4 is 0 Å². The van der Waals surface area contributed by atoms with Gasteiger partial charge in [-0.1, -0.05) is 6.07 Å². The second kappa shape index (κ2) is 7.01. The molecule has 0 spiro atoms. The van der Waals surface area contributed by atoms with Crippen LogP contribution in [0.5, 0.6) is 0 Å². The standard InChI is InChI=1S/C21H19FN6/c22-17-5-3-14(4-6-17)19-16(11-26-27-19)12-28-9-7-18-20(25-13-24-18)21(28)15-2-1-8-23-10-15/h1-6,8,10-11,13,21H,7,9,12H2,(H,24,25)(H,26,27)/t21-/m0/s1. The fourth-order valence-corrected chi connectivity index (χ4v) is 3.92. The fraction of sp³-hybridized carbons (Fsp3) is 0.190. The first kappa shape index (κ1) is 16.8. The molecule has 4 heterocycles. The van der Waals surface area contributed by atoms with Crippen LogP contribution in [0.4, 0.5) is 4.39 Å². The van der Waals surface area contributed by atoms with E-state index in [0.29, 0.717) is 6.54 Å². The Kier molecular flexibility index (Phi) is 4.21. The van der Waals surface area contributed by atoms with Gasteiger partial charge >= 0.3 is 0 Å². The van der Waals surface area contributed by atoms with Crippen molar-refractivity contribution in [1.29, 1.82) is 0 Å². The Labute approximate surface area is 161 Å². The van der Waals surface area contributed by atoms with Crippen molar-refractivity contribution in [1.82, 2.24) is 30.0 Å². The lowest BCUT2D eigenvalue weighted by Crippen LogP contribution is -2.36. The Morgan fingerprint density at radius 2 is 2.04 bits per heavy atom. The lowest BCUT2D eigenvalue weighted by molar-refractivity contribution is 0.200. The minimum atomic E-state index is -0.247. The average molecular weight is 374 g/mol. The molecule has 3 aromatic heterocycles. The van der Waals surface area contributed by atoms with E-state index >= 15 is 0 Å². The van der Waals surface area contributed by atoms with Gasteiger partial charge in [0, 0.05) is 48.7 Å². The first-order valence-corrected chi connectivity index (χ1v) is 9.24. The fourth-order valence-electron chi connectivity index (χ4n) is 3.92. The maximum atomic E-state index is 13.3. The van der Waals surface area contributed by atoms with E-state index in [9.17, 15) is 4.39 Å². The van der Waals surface area contributed by atoms with Gasteiger partial charge in [0.15, 0.2) is 0 Å². The van der Waals surface area contributed by atoms with Gasteiger partial charge in [0.25, 0.3) is 0 Å². The summed E-state index contributed by atoms with van der Waals surface area (Å²) in [6.07, 6.45) is 8.21. The van der Waals surface area contributed by atoms with Gasteiger partial charge in [-0.25, -0.2) is 9.37 Å². The highest BCUT2D eigenvalue weighted by Gasteiger charge is 2.31. The average Bonchev–Trinajstić information content (AvgIpc) is 3.38. The molecule has 28 heavy (non-hydrogen) atoms. The Hall–Kier alpha value is -3.32. The Balaban J connectivity index is 1.50. The van der Waals surface area contributed by atoms with E-state index in [-0.39, 0.29) is 11.9 Å². The van der Waals surface area contributed by atoms with Crippen molar-refractivity contribution in [3.8, 4) is 11.3 Å². The molecule has 0 aliphatic carbocycles. The molecule has 0 saturated carbocycles. The molecule has 6 nitrogen and oxygen atoms in total. The summed E-state index contributed by atoms with van der Waals surface area (Å²) in [5.41, 5.74) is 6.24. The first-order valence-electron chi connectivity index (χ1n) is 9.24. The van der Waals surface area contributed by atoms with Crippen molar-refractivity contribution in [2.24, 2.45) is 0 Å². The number of hydrogen-bond acceptors (Lipinski definition) is 4. The zero-order valence-electron chi connectivity index (χ0n) is 15.1.